The van der Waals surface area contributed by atoms with Gasteiger partial charge in [-0.1, -0.05) is 77.4 Å². The van der Waals surface area contributed by atoms with Crippen molar-refractivity contribution in [2.75, 3.05) is 13.2 Å². The second-order valence-corrected chi connectivity index (χ2v) is 12.2. The van der Waals surface area contributed by atoms with E-state index >= 15 is 17.6 Å². The zero-order valence-electron chi connectivity index (χ0n) is 22.9. The Balaban J connectivity index is 1.35. The molecule has 0 spiro atoms. The third-order valence-electron chi connectivity index (χ3n) is 9.80. The molecule has 0 heterocycles. The van der Waals surface area contributed by atoms with E-state index in [-0.39, 0.29) is 25.0 Å². The van der Waals surface area contributed by atoms with Gasteiger partial charge in [-0.15, -0.1) is 0 Å². The summed E-state index contributed by atoms with van der Waals surface area (Å²) in [5.74, 6) is -2.14. The fourth-order valence-corrected chi connectivity index (χ4v) is 7.81. The van der Waals surface area contributed by atoms with Crippen LogP contribution in [0.2, 0.25) is 0 Å². The molecular formula is C32H46F4O. The Bertz CT molecular complexity index is 809. The van der Waals surface area contributed by atoms with Crippen LogP contribution in [0.4, 0.5) is 17.6 Å². The summed E-state index contributed by atoms with van der Waals surface area (Å²) in [6.45, 7) is 4.43. The summed E-state index contributed by atoms with van der Waals surface area (Å²) in [5.41, 5.74) is -5.42. The van der Waals surface area contributed by atoms with E-state index in [1.54, 1.807) is 12.2 Å². The monoisotopic (exact) mass is 522 g/mol. The van der Waals surface area contributed by atoms with E-state index in [1.807, 2.05) is 13.8 Å². The van der Waals surface area contributed by atoms with Crippen LogP contribution in [-0.4, -0.2) is 24.6 Å². The van der Waals surface area contributed by atoms with Gasteiger partial charge in [0.05, 0.1) is 13.2 Å². The summed E-state index contributed by atoms with van der Waals surface area (Å²) in [6, 6.07) is 0. The van der Waals surface area contributed by atoms with Crippen LogP contribution in [0.15, 0.2) is 48.1 Å². The van der Waals surface area contributed by atoms with Gasteiger partial charge in [0.2, 0.25) is 0 Å². The predicted molar refractivity (Wildman–Crippen MR) is 143 cm³/mol. The zero-order valence-corrected chi connectivity index (χ0v) is 22.9. The molecule has 0 bridgehead atoms. The molecule has 0 unspecified atom stereocenters. The zero-order chi connectivity index (χ0) is 26.6. The summed E-state index contributed by atoms with van der Waals surface area (Å²) >= 11 is 0. The maximum absolute atomic E-state index is 16.2. The molecule has 37 heavy (non-hydrogen) atoms. The number of rotatable bonds is 10. The predicted octanol–water partition coefficient (Wildman–Crippen LogP) is 10.00. The molecule has 4 atom stereocenters. The van der Waals surface area contributed by atoms with Gasteiger partial charge in [-0.3, -0.25) is 0 Å². The Morgan fingerprint density at radius 3 is 1.38 bits per heavy atom. The Labute approximate surface area is 221 Å². The summed E-state index contributed by atoms with van der Waals surface area (Å²) in [5, 5.41) is 0. The lowest BCUT2D eigenvalue weighted by Crippen LogP contribution is -2.47. The van der Waals surface area contributed by atoms with Crippen LogP contribution in [0.25, 0.3) is 0 Å². The number of ether oxygens (including phenoxy) is 1. The third kappa shape index (κ3) is 5.40. The minimum atomic E-state index is -2.05. The normalized spacial score (nSPS) is 35.2. The average Bonchev–Trinajstić information content (AvgIpc) is 2.90. The minimum absolute atomic E-state index is 0.182. The van der Waals surface area contributed by atoms with Gasteiger partial charge < -0.3 is 4.74 Å². The van der Waals surface area contributed by atoms with Gasteiger partial charge >= 0.3 is 0 Å². The highest BCUT2D eigenvalue weighted by molar-refractivity contribution is 5.34. The number of alkyl halides is 2. The molecule has 5 heteroatoms. The maximum atomic E-state index is 16.2. The first kappa shape index (κ1) is 28.6. The second kappa shape index (κ2) is 11.8. The summed E-state index contributed by atoms with van der Waals surface area (Å²) in [4.78, 5) is 0. The molecule has 2 saturated carbocycles. The van der Waals surface area contributed by atoms with Crippen LogP contribution in [0.3, 0.4) is 0 Å². The van der Waals surface area contributed by atoms with E-state index in [9.17, 15) is 0 Å². The molecule has 4 aliphatic carbocycles. The summed E-state index contributed by atoms with van der Waals surface area (Å²) < 4.78 is 68.7. The number of hydrogen-bond acceptors (Lipinski definition) is 1. The van der Waals surface area contributed by atoms with Crippen molar-refractivity contribution in [1.29, 1.82) is 0 Å². The van der Waals surface area contributed by atoms with Crippen LogP contribution in [0.1, 0.15) is 104 Å². The fraction of sp³-hybridized carbons (Fsp3) is 0.750. The molecule has 1 nitrogen and oxygen atoms in total. The quantitative estimate of drug-likeness (QED) is 0.205. The van der Waals surface area contributed by atoms with Gasteiger partial charge in [0.1, 0.15) is 11.7 Å². The van der Waals surface area contributed by atoms with Gasteiger partial charge in [0.25, 0.3) is 0 Å². The van der Waals surface area contributed by atoms with Crippen LogP contribution in [0.5, 0.6) is 0 Å². The Hall–Kier alpha value is -1.36. The maximum Gasteiger partial charge on any atom is 0.185 e. The van der Waals surface area contributed by atoms with E-state index < -0.39 is 33.8 Å². The average molecular weight is 523 g/mol. The van der Waals surface area contributed by atoms with Crippen molar-refractivity contribution >= 4 is 0 Å². The third-order valence-corrected chi connectivity index (χ3v) is 9.80. The SMILES string of the molecule is CCCC1([C@@]2(F)C=C[C@@H](COC[C@@H]3C=C[C@](F)(C4(CCC)CCCCC4)C(F)=C3)C=C2F)CCCCC1. The van der Waals surface area contributed by atoms with E-state index in [0.29, 0.717) is 38.5 Å². The first-order valence-electron chi connectivity index (χ1n) is 14.8. The highest BCUT2D eigenvalue weighted by atomic mass is 19.2. The topological polar surface area (TPSA) is 9.23 Å². The van der Waals surface area contributed by atoms with Crippen LogP contribution < -0.4 is 0 Å². The molecule has 0 N–H and O–H groups in total. The molecule has 0 aromatic rings. The van der Waals surface area contributed by atoms with Gasteiger partial charge in [0, 0.05) is 22.7 Å². The van der Waals surface area contributed by atoms with Crippen molar-refractivity contribution in [3.8, 4) is 0 Å². The molecule has 2 fully saturated rings. The lowest BCUT2D eigenvalue weighted by atomic mass is 9.60. The number of halogens is 4. The molecule has 208 valence electrons. The van der Waals surface area contributed by atoms with Crippen molar-refractivity contribution < 1.29 is 22.3 Å². The first-order valence-corrected chi connectivity index (χ1v) is 14.8. The van der Waals surface area contributed by atoms with Gasteiger partial charge in [-0.2, -0.15) is 0 Å². The summed E-state index contributed by atoms with van der Waals surface area (Å²) in [7, 11) is 0. The number of allylic oxidation sites excluding steroid dienone is 4. The smallest absolute Gasteiger partial charge is 0.185 e. The Kier molecular flexibility index (Phi) is 9.13. The molecule has 0 aromatic heterocycles. The van der Waals surface area contributed by atoms with E-state index in [1.165, 1.54) is 24.3 Å². The van der Waals surface area contributed by atoms with Crippen molar-refractivity contribution in [3.63, 3.8) is 0 Å². The Morgan fingerprint density at radius 1 is 0.676 bits per heavy atom. The minimum Gasteiger partial charge on any atom is -0.380 e. The molecule has 0 aromatic carbocycles. The van der Waals surface area contributed by atoms with Crippen LogP contribution in [-0.2, 0) is 4.74 Å². The first-order chi connectivity index (χ1) is 17.7. The summed E-state index contributed by atoms with van der Waals surface area (Å²) in [6.07, 6.45) is 20.9. The van der Waals surface area contributed by atoms with Crippen molar-refractivity contribution in [2.45, 2.75) is 115 Å². The highest BCUT2D eigenvalue weighted by Crippen LogP contribution is 2.57. The van der Waals surface area contributed by atoms with Crippen molar-refractivity contribution in [2.24, 2.45) is 22.7 Å². The molecule has 0 saturated heterocycles. The highest BCUT2D eigenvalue weighted by Gasteiger charge is 2.55. The van der Waals surface area contributed by atoms with E-state index in [0.717, 1.165) is 51.4 Å². The van der Waals surface area contributed by atoms with Gasteiger partial charge in [-0.05, 0) is 62.8 Å². The Morgan fingerprint density at radius 2 is 1.05 bits per heavy atom. The molecule has 4 rings (SSSR count). The van der Waals surface area contributed by atoms with E-state index in [2.05, 4.69) is 0 Å². The largest absolute Gasteiger partial charge is 0.380 e. The molecule has 0 amide bonds. The van der Waals surface area contributed by atoms with Crippen LogP contribution >= 0.6 is 0 Å². The van der Waals surface area contributed by atoms with Gasteiger partial charge in [-0.25, -0.2) is 17.6 Å². The molecular weight excluding hydrogens is 476 g/mol. The molecule has 0 aliphatic heterocycles. The van der Waals surface area contributed by atoms with Crippen LogP contribution in [0, 0.1) is 22.7 Å². The number of hydrogen-bond donors (Lipinski definition) is 0. The lowest BCUT2D eigenvalue weighted by Gasteiger charge is -2.47. The fourth-order valence-electron chi connectivity index (χ4n) is 7.81. The lowest BCUT2D eigenvalue weighted by molar-refractivity contribution is -0.00197. The van der Waals surface area contributed by atoms with E-state index in [4.69, 9.17) is 4.74 Å². The second-order valence-electron chi connectivity index (χ2n) is 12.2. The molecule has 4 aliphatic rings. The van der Waals surface area contributed by atoms with Gasteiger partial charge in [0.15, 0.2) is 11.3 Å². The standard InChI is InChI=1S/C32H46F4O/c1-3-13-29(15-7-5-8-16-29)31(35)19-11-25(21-27(31)33)23-37-24-26-12-20-32(36,28(34)22-26)30(14-4-2)17-9-6-10-18-30/h11-12,19-22,25-26H,3-10,13-18,23-24H2,1-2H3/t25-,26-,31-,32-/m1/s1. The van der Waals surface area contributed by atoms with Crippen molar-refractivity contribution in [1.82, 2.24) is 0 Å². The molecule has 0 radical (unpaired) electrons. The van der Waals surface area contributed by atoms with Crippen molar-refractivity contribution in [3.05, 3.63) is 48.1 Å².